The smallest absolute Gasteiger partial charge is 0.151 e. The minimum atomic E-state index is -2.88. The van der Waals surface area contributed by atoms with Crippen molar-refractivity contribution in [2.75, 3.05) is 24.6 Å². The molecule has 1 saturated heterocycles. The highest BCUT2D eigenvalue weighted by Gasteiger charge is 2.19. The first-order valence-corrected chi connectivity index (χ1v) is 7.70. The Morgan fingerprint density at radius 2 is 2.22 bits per heavy atom. The molecule has 1 aliphatic heterocycles. The number of hydrogen-bond donors (Lipinski definition) is 0. The van der Waals surface area contributed by atoms with E-state index < -0.39 is 9.84 Å². The lowest BCUT2D eigenvalue weighted by Crippen LogP contribution is -2.27. The summed E-state index contributed by atoms with van der Waals surface area (Å²) in [5, 5.41) is 8.96. The van der Waals surface area contributed by atoms with E-state index in [1.165, 1.54) is 0 Å². The molecule has 0 amide bonds. The molecule has 5 nitrogen and oxygen atoms in total. The van der Waals surface area contributed by atoms with Gasteiger partial charge in [-0.1, -0.05) is 6.07 Å². The van der Waals surface area contributed by atoms with Gasteiger partial charge in [-0.15, -0.1) is 0 Å². The number of nitriles is 1. The van der Waals surface area contributed by atoms with E-state index in [-0.39, 0.29) is 11.5 Å². The monoisotopic (exact) mass is 265 g/mol. The molecule has 18 heavy (non-hydrogen) atoms. The van der Waals surface area contributed by atoms with Crippen LogP contribution < -0.4 is 0 Å². The van der Waals surface area contributed by atoms with E-state index in [9.17, 15) is 8.42 Å². The van der Waals surface area contributed by atoms with Crippen molar-refractivity contribution in [3.63, 3.8) is 0 Å². The van der Waals surface area contributed by atoms with Gasteiger partial charge >= 0.3 is 0 Å². The third-order valence-electron chi connectivity index (χ3n) is 3.04. The van der Waals surface area contributed by atoms with E-state index in [4.69, 9.17) is 5.26 Å². The molecule has 0 radical (unpaired) electrons. The van der Waals surface area contributed by atoms with Crippen LogP contribution in [0, 0.1) is 11.3 Å². The van der Waals surface area contributed by atoms with Crippen molar-refractivity contribution in [2.24, 2.45) is 0 Å². The molecular weight excluding hydrogens is 250 g/mol. The maximum absolute atomic E-state index is 11.5. The first-order valence-electron chi connectivity index (χ1n) is 5.87. The highest BCUT2D eigenvalue weighted by molar-refractivity contribution is 7.91. The molecule has 1 fully saturated rings. The van der Waals surface area contributed by atoms with Gasteiger partial charge in [0.15, 0.2) is 9.84 Å². The van der Waals surface area contributed by atoms with Crippen LogP contribution in [0.3, 0.4) is 0 Å². The second-order valence-corrected chi connectivity index (χ2v) is 6.71. The van der Waals surface area contributed by atoms with Crippen molar-refractivity contribution in [1.82, 2.24) is 9.88 Å². The maximum atomic E-state index is 11.5. The summed E-state index contributed by atoms with van der Waals surface area (Å²) in [5.41, 5.74) is 1.28. The number of aromatic nitrogens is 1. The molecular formula is C12H15N3O2S. The summed E-state index contributed by atoms with van der Waals surface area (Å²) in [6.45, 7) is 1.87. The predicted octanol–water partition coefficient (Wildman–Crippen LogP) is 0.574. The maximum Gasteiger partial charge on any atom is 0.151 e. The van der Waals surface area contributed by atoms with Crippen LogP contribution in [0.15, 0.2) is 18.3 Å². The van der Waals surface area contributed by atoms with Crippen LogP contribution >= 0.6 is 0 Å². The first kappa shape index (κ1) is 13.0. The molecule has 1 aromatic rings. The number of rotatable bonds is 2. The van der Waals surface area contributed by atoms with Crippen LogP contribution in [0.4, 0.5) is 0 Å². The average molecular weight is 265 g/mol. The Kier molecular flexibility index (Phi) is 3.94. The van der Waals surface area contributed by atoms with Gasteiger partial charge in [0.1, 0.15) is 11.8 Å². The molecule has 0 spiro atoms. The number of pyridine rings is 1. The highest BCUT2D eigenvalue weighted by atomic mass is 32.2. The van der Waals surface area contributed by atoms with Gasteiger partial charge in [0.25, 0.3) is 0 Å². The van der Waals surface area contributed by atoms with Gasteiger partial charge in [0, 0.05) is 24.8 Å². The number of nitrogens with zero attached hydrogens (tertiary/aromatic N) is 3. The largest absolute Gasteiger partial charge is 0.298 e. The third kappa shape index (κ3) is 3.28. The van der Waals surface area contributed by atoms with Crippen molar-refractivity contribution in [3.8, 4) is 6.07 Å². The number of sulfone groups is 1. The molecule has 2 heterocycles. The van der Waals surface area contributed by atoms with Crippen LogP contribution in [-0.2, 0) is 16.4 Å². The second-order valence-electron chi connectivity index (χ2n) is 4.40. The average Bonchev–Trinajstić information content (AvgIpc) is 2.52. The zero-order valence-corrected chi connectivity index (χ0v) is 10.9. The van der Waals surface area contributed by atoms with Gasteiger partial charge < -0.3 is 0 Å². The topological polar surface area (TPSA) is 74.1 Å². The lowest BCUT2D eigenvalue weighted by atomic mass is 10.2. The lowest BCUT2D eigenvalue weighted by Gasteiger charge is -2.19. The van der Waals surface area contributed by atoms with E-state index in [0.29, 0.717) is 25.2 Å². The van der Waals surface area contributed by atoms with E-state index in [1.54, 1.807) is 12.3 Å². The standard InChI is InChI=1S/C12H15N3O2S/c13-9-12-11(3-1-4-14-12)10-15-5-2-7-18(16,17)8-6-15/h1,3-4H,2,5-8,10H2. The minimum Gasteiger partial charge on any atom is -0.298 e. The lowest BCUT2D eigenvalue weighted by molar-refractivity contribution is 0.286. The summed E-state index contributed by atoms with van der Waals surface area (Å²) >= 11 is 0. The molecule has 0 atom stereocenters. The van der Waals surface area contributed by atoms with Crippen LogP contribution in [0.25, 0.3) is 0 Å². The zero-order chi connectivity index (χ0) is 13.0. The molecule has 2 rings (SSSR count). The molecule has 6 heteroatoms. The summed E-state index contributed by atoms with van der Waals surface area (Å²) in [4.78, 5) is 6.08. The van der Waals surface area contributed by atoms with E-state index in [0.717, 1.165) is 12.1 Å². The van der Waals surface area contributed by atoms with Crippen molar-refractivity contribution in [3.05, 3.63) is 29.6 Å². The normalized spacial score (nSPS) is 19.9. The molecule has 0 aromatic carbocycles. The zero-order valence-electron chi connectivity index (χ0n) is 10.0. The van der Waals surface area contributed by atoms with Crippen LogP contribution in [0.5, 0.6) is 0 Å². The van der Waals surface area contributed by atoms with Crippen molar-refractivity contribution < 1.29 is 8.42 Å². The Bertz CT molecular complexity index is 563. The molecule has 0 unspecified atom stereocenters. The summed E-state index contributed by atoms with van der Waals surface area (Å²) in [5.74, 6) is 0.469. The fourth-order valence-electron chi connectivity index (χ4n) is 2.06. The third-order valence-corrected chi connectivity index (χ3v) is 4.75. The fourth-order valence-corrected chi connectivity index (χ4v) is 3.37. The van der Waals surface area contributed by atoms with Crippen molar-refractivity contribution in [2.45, 2.75) is 13.0 Å². The van der Waals surface area contributed by atoms with Crippen molar-refractivity contribution in [1.29, 1.82) is 5.26 Å². The van der Waals surface area contributed by atoms with E-state index >= 15 is 0 Å². The van der Waals surface area contributed by atoms with E-state index in [2.05, 4.69) is 16.0 Å². The van der Waals surface area contributed by atoms with E-state index in [1.807, 2.05) is 6.07 Å². The molecule has 1 aliphatic rings. The van der Waals surface area contributed by atoms with Crippen LogP contribution in [-0.4, -0.2) is 42.9 Å². The Balaban J connectivity index is 2.08. The summed E-state index contributed by atoms with van der Waals surface area (Å²) < 4.78 is 23.0. The summed E-state index contributed by atoms with van der Waals surface area (Å²) in [6, 6.07) is 5.72. The van der Waals surface area contributed by atoms with Gasteiger partial charge in [-0.25, -0.2) is 13.4 Å². The quantitative estimate of drug-likeness (QED) is 0.781. The van der Waals surface area contributed by atoms with Gasteiger partial charge in [-0.3, -0.25) is 4.90 Å². The fraction of sp³-hybridized carbons (Fsp3) is 0.500. The van der Waals surface area contributed by atoms with Gasteiger partial charge in [0.2, 0.25) is 0 Å². The van der Waals surface area contributed by atoms with Gasteiger partial charge in [-0.05, 0) is 19.0 Å². The second kappa shape index (κ2) is 5.46. The van der Waals surface area contributed by atoms with Crippen LogP contribution in [0.1, 0.15) is 17.7 Å². The Morgan fingerprint density at radius 3 is 3.00 bits per heavy atom. The van der Waals surface area contributed by atoms with Gasteiger partial charge in [-0.2, -0.15) is 5.26 Å². The minimum absolute atomic E-state index is 0.204. The Labute approximate surface area is 107 Å². The molecule has 1 aromatic heterocycles. The highest BCUT2D eigenvalue weighted by Crippen LogP contribution is 2.11. The first-order chi connectivity index (χ1) is 8.61. The molecule has 0 aliphatic carbocycles. The predicted molar refractivity (Wildman–Crippen MR) is 67.5 cm³/mol. The molecule has 0 N–H and O–H groups in total. The van der Waals surface area contributed by atoms with Gasteiger partial charge in [0.05, 0.1) is 11.5 Å². The SMILES string of the molecule is N#Cc1ncccc1CN1CCCS(=O)(=O)CC1. The Morgan fingerprint density at radius 1 is 1.39 bits per heavy atom. The van der Waals surface area contributed by atoms with Crippen LogP contribution in [0.2, 0.25) is 0 Å². The summed E-state index contributed by atoms with van der Waals surface area (Å²) in [6.07, 6.45) is 2.25. The Hall–Kier alpha value is -1.45. The molecule has 0 bridgehead atoms. The molecule has 0 saturated carbocycles. The molecule has 96 valence electrons. The number of hydrogen-bond acceptors (Lipinski definition) is 5. The van der Waals surface area contributed by atoms with Crippen molar-refractivity contribution >= 4 is 9.84 Å². The summed E-state index contributed by atoms with van der Waals surface area (Å²) in [7, 11) is -2.88.